The van der Waals surface area contributed by atoms with Gasteiger partial charge in [-0.15, -0.1) is 0 Å². The van der Waals surface area contributed by atoms with E-state index in [1.54, 1.807) is 0 Å². The number of nitro groups is 1. The van der Waals surface area contributed by atoms with Crippen molar-refractivity contribution in [2.24, 2.45) is 0 Å². The second kappa shape index (κ2) is 5.57. The standard InChI is InChI=1S/C10H10BrNO5S/c1-2-18(16,17)10(11)9(13)7-3-5-8(6-4-7)12(14)15/h3-6,10H,2H2,1H3/t10-/m1/s1. The number of carbonyl (C=O) groups is 1. The van der Waals surface area contributed by atoms with Gasteiger partial charge in [0, 0.05) is 23.4 Å². The Labute approximate surface area is 112 Å². The molecule has 18 heavy (non-hydrogen) atoms. The van der Waals surface area contributed by atoms with Gasteiger partial charge >= 0.3 is 0 Å². The maximum atomic E-state index is 11.8. The number of sulfone groups is 1. The molecule has 0 amide bonds. The van der Waals surface area contributed by atoms with E-state index in [0.29, 0.717) is 0 Å². The molecule has 0 radical (unpaired) electrons. The Morgan fingerprint density at radius 1 is 1.39 bits per heavy atom. The molecule has 1 atom stereocenters. The molecular weight excluding hydrogens is 326 g/mol. The summed E-state index contributed by atoms with van der Waals surface area (Å²) < 4.78 is 21.7. The van der Waals surface area contributed by atoms with Gasteiger partial charge in [-0.25, -0.2) is 8.42 Å². The third-order valence-electron chi connectivity index (χ3n) is 2.29. The molecule has 1 aromatic rings. The summed E-state index contributed by atoms with van der Waals surface area (Å²) in [6.07, 6.45) is 0. The summed E-state index contributed by atoms with van der Waals surface area (Å²) in [5.74, 6) is -0.798. The van der Waals surface area contributed by atoms with E-state index in [2.05, 4.69) is 15.9 Å². The number of alkyl halides is 1. The van der Waals surface area contributed by atoms with Crippen LogP contribution in [0.3, 0.4) is 0 Å². The van der Waals surface area contributed by atoms with Crippen molar-refractivity contribution < 1.29 is 18.1 Å². The second-order valence-electron chi connectivity index (χ2n) is 3.44. The minimum atomic E-state index is -3.54. The molecule has 0 N–H and O–H groups in total. The number of ketones is 1. The lowest BCUT2D eigenvalue weighted by Gasteiger charge is -2.08. The lowest BCUT2D eigenvalue weighted by Crippen LogP contribution is -2.26. The first-order valence-electron chi connectivity index (χ1n) is 4.94. The topological polar surface area (TPSA) is 94.3 Å². The van der Waals surface area contributed by atoms with Crippen molar-refractivity contribution in [2.45, 2.75) is 11.1 Å². The molecule has 8 heteroatoms. The van der Waals surface area contributed by atoms with Crippen molar-refractivity contribution in [1.29, 1.82) is 0 Å². The van der Waals surface area contributed by atoms with Gasteiger partial charge in [0.05, 0.1) is 4.92 Å². The highest BCUT2D eigenvalue weighted by atomic mass is 79.9. The summed E-state index contributed by atoms with van der Waals surface area (Å²) in [5, 5.41) is 10.4. The van der Waals surface area contributed by atoms with E-state index in [4.69, 9.17) is 0 Å². The number of halogens is 1. The lowest BCUT2D eigenvalue weighted by atomic mass is 10.1. The van der Waals surface area contributed by atoms with Crippen LogP contribution >= 0.6 is 15.9 Å². The van der Waals surface area contributed by atoms with Crippen LogP contribution in [-0.2, 0) is 9.84 Å². The van der Waals surface area contributed by atoms with Gasteiger partial charge in [0.2, 0.25) is 0 Å². The summed E-state index contributed by atoms with van der Waals surface area (Å²) in [4.78, 5) is 21.7. The molecule has 6 nitrogen and oxygen atoms in total. The Morgan fingerprint density at radius 3 is 2.28 bits per heavy atom. The number of Topliss-reactive ketones (excluding diaryl/α,β-unsaturated/α-hetero) is 1. The first-order chi connectivity index (χ1) is 8.29. The number of hydrogen-bond acceptors (Lipinski definition) is 5. The number of non-ortho nitro benzene ring substituents is 1. The molecule has 0 bridgehead atoms. The van der Waals surface area contributed by atoms with Crippen molar-refractivity contribution >= 4 is 37.2 Å². The number of nitro benzene ring substituents is 1. The zero-order chi connectivity index (χ0) is 13.9. The Kier molecular flexibility index (Phi) is 4.58. The molecule has 1 aromatic carbocycles. The van der Waals surface area contributed by atoms with Crippen LogP contribution in [0.4, 0.5) is 5.69 Å². The van der Waals surface area contributed by atoms with Gasteiger partial charge in [0.15, 0.2) is 19.8 Å². The monoisotopic (exact) mass is 335 g/mol. The van der Waals surface area contributed by atoms with Crippen LogP contribution in [0.25, 0.3) is 0 Å². The predicted molar refractivity (Wildman–Crippen MR) is 69.6 cm³/mol. The average molecular weight is 336 g/mol. The largest absolute Gasteiger partial charge is 0.292 e. The third-order valence-corrected chi connectivity index (χ3v) is 6.06. The zero-order valence-corrected chi connectivity index (χ0v) is 11.8. The summed E-state index contributed by atoms with van der Waals surface area (Å²) in [5.41, 5.74) is -0.0458. The van der Waals surface area contributed by atoms with Gasteiger partial charge < -0.3 is 0 Å². The first-order valence-corrected chi connectivity index (χ1v) is 7.57. The van der Waals surface area contributed by atoms with Crippen LogP contribution in [0.15, 0.2) is 24.3 Å². The minimum Gasteiger partial charge on any atom is -0.292 e. The summed E-state index contributed by atoms with van der Waals surface area (Å²) in [6.45, 7) is 1.44. The molecule has 0 spiro atoms. The Hall–Kier alpha value is -1.28. The number of carbonyl (C=O) groups excluding carboxylic acids is 1. The number of benzene rings is 1. The SMILES string of the molecule is CCS(=O)(=O)[C@@H](Br)C(=O)c1ccc([N+](=O)[O-])cc1. The average Bonchev–Trinajstić information content (AvgIpc) is 2.37. The molecule has 98 valence electrons. The number of nitrogens with zero attached hydrogens (tertiary/aromatic N) is 1. The molecule has 0 saturated carbocycles. The zero-order valence-electron chi connectivity index (χ0n) is 9.37. The van der Waals surface area contributed by atoms with Crippen molar-refractivity contribution in [1.82, 2.24) is 0 Å². The maximum Gasteiger partial charge on any atom is 0.269 e. The fourth-order valence-corrected chi connectivity index (χ4v) is 3.00. The molecule has 0 aromatic heterocycles. The van der Waals surface area contributed by atoms with Crippen molar-refractivity contribution in [3.63, 3.8) is 0 Å². The van der Waals surface area contributed by atoms with Gasteiger partial charge in [-0.1, -0.05) is 22.9 Å². The van der Waals surface area contributed by atoms with Gasteiger partial charge in [0.1, 0.15) is 0 Å². The van der Waals surface area contributed by atoms with Crippen molar-refractivity contribution in [3.05, 3.63) is 39.9 Å². The molecule has 0 fully saturated rings. The first kappa shape index (κ1) is 14.8. The second-order valence-corrected chi connectivity index (χ2v) is 7.33. The van der Waals surface area contributed by atoms with E-state index in [9.17, 15) is 23.3 Å². The third kappa shape index (κ3) is 3.14. The van der Waals surface area contributed by atoms with E-state index in [1.807, 2.05) is 0 Å². The summed E-state index contributed by atoms with van der Waals surface area (Å²) >= 11 is 2.84. The molecule has 0 aliphatic heterocycles. The van der Waals surface area contributed by atoms with E-state index in [1.165, 1.54) is 19.1 Å². The number of rotatable bonds is 5. The summed E-state index contributed by atoms with van der Waals surface area (Å²) in [7, 11) is -3.54. The molecule has 1 rings (SSSR count). The van der Waals surface area contributed by atoms with Crippen LogP contribution < -0.4 is 0 Å². The molecule has 0 saturated heterocycles. The van der Waals surface area contributed by atoms with Gasteiger partial charge in [-0.2, -0.15) is 0 Å². The van der Waals surface area contributed by atoms with Gasteiger partial charge in [-0.05, 0) is 12.1 Å². The number of hydrogen-bond donors (Lipinski definition) is 0. The quantitative estimate of drug-likeness (QED) is 0.354. The minimum absolute atomic E-state index is 0.111. The molecule has 0 aliphatic carbocycles. The molecule has 0 heterocycles. The summed E-state index contributed by atoms with van der Waals surface area (Å²) in [6, 6.07) is 4.79. The highest BCUT2D eigenvalue weighted by Crippen LogP contribution is 2.19. The molecule has 0 aliphatic rings. The van der Waals surface area contributed by atoms with Gasteiger partial charge in [0.25, 0.3) is 5.69 Å². The Bertz CT molecular complexity index is 566. The smallest absolute Gasteiger partial charge is 0.269 e. The van der Waals surface area contributed by atoms with Crippen LogP contribution in [-0.4, -0.2) is 29.0 Å². The van der Waals surface area contributed by atoms with E-state index >= 15 is 0 Å². The van der Waals surface area contributed by atoms with E-state index in [0.717, 1.165) is 12.1 Å². The van der Waals surface area contributed by atoms with E-state index in [-0.39, 0.29) is 17.0 Å². The highest BCUT2D eigenvalue weighted by Gasteiger charge is 2.29. The Morgan fingerprint density at radius 2 is 1.89 bits per heavy atom. The van der Waals surface area contributed by atoms with Gasteiger partial charge in [-0.3, -0.25) is 14.9 Å². The fraction of sp³-hybridized carbons (Fsp3) is 0.300. The maximum absolute atomic E-state index is 11.8. The molecule has 0 unspecified atom stereocenters. The van der Waals surface area contributed by atoms with Crippen LogP contribution in [0.1, 0.15) is 17.3 Å². The predicted octanol–water partition coefficient (Wildman–Crippen LogP) is 1.93. The van der Waals surface area contributed by atoms with Crippen molar-refractivity contribution in [3.8, 4) is 0 Å². The fourth-order valence-electron chi connectivity index (χ4n) is 1.19. The normalized spacial score (nSPS) is 13.0. The van der Waals surface area contributed by atoms with Crippen LogP contribution in [0, 0.1) is 10.1 Å². The van der Waals surface area contributed by atoms with Crippen LogP contribution in [0.2, 0.25) is 0 Å². The lowest BCUT2D eigenvalue weighted by molar-refractivity contribution is -0.384. The van der Waals surface area contributed by atoms with E-state index < -0.39 is 24.7 Å². The molecular formula is C10H10BrNO5S. The van der Waals surface area contributed by atoms with Crippen molar-refractivity contribution in [2.75, 3.05) is 5.75 Å². The highest BCUT2D eigenvalue weighted by molar-refractivity contribution is 9.11. The Balaban J connectivity index is 3.02. The van der Waals surface area contributed by atoms with Crippen LogP contribution in [0.5, 0.6) is 0 Å².